The van der Waals surface area contributed by atoms with Gasteiger partial charge in [-0.15, -0.1) is 11.3 Å². The van der Waals surface area contributed by atoms with E-state index in [1.54, 1.807) is 35.8 Å². The molecule has 0 radical (unpaired) electrons. The quantitative estimate of drug-likeness (QED) is 0.418. The molecule has 0 aliphatic carbocycles. The Morgan fingerprint density at radius 1 is 1.04 bits per heavy atom. The molecule has 1 aromatic carbocycles. The van der Waals surface area contributed by atoms with E-state index < -0.39 is 5.82 Å². The second-order valence-electron chi connectivity index (χ2n) is 4.82. The van der Waals surface area contributed by atoms with Crippen LogP contribution in [0.5, 0.6) is 0 Å². The molecule has 0 bridgehead atoms. The Hall–Kier alpha value is -3.40. The van der Waals surface area contributed by atoms with Gasteiger partial charge in [-0.3, -0.25) is 5.43 Å². The lowest BCUT2D eigenvalue weighted by Gasteiger charge is -2.09. The van der Waals surface area contributed by atoms with E-state index in [0.717, 1.165) is 4.88 Å². The van der Waals surface area contributed by atoms with Crippen LogP contribution >= 0.6 is 11.3 Å². The number of rotatable bonds is 5. The van der Waals surface area contributed by atoms with Crippen molar-refractivity contribution >= 4 is 46.2 Å². The molecule has 0 atom stereocenters. The lowest BCUT2D eigenvalue weighted by molar-refractivity contribution is 0.314. The number of hydrogen-bond acceptors (Lipinski definition) is 9. The van der Waals surface area contributed by atoms with E-state index in [2.05, 4.69) is 40.8 Å². The summed E-state index contributed by atoms with van der Waals surface area (Å²) in [6, 6.07) is 10.1. The van der Waals surface area contributed by atoms with Crippen LogP contribution in [0.15, 0.2) is 51.5 Å². The number of para-hydroxylation sites is 1. The molecular weight excluding hydrogens is 345 g/mol. The minimum atomic E-state index is -0.421. The van der Waals surface area contributed by atoms with E-state index in [0.29, 0.717) is 0 Å². The summed E-state index contributed by atoms with van der Waals surface area (Å²) in [5.41, 5.74) is 3.45. The van der Waals surface area contributed by atoms with Gasteiger partial charge in [-0.2, -0.15) is 10.1 Å². The van der Waals surface area contributed by atoms with E-state index in [1.807, 2.05) is 17.5 Å². The average molecular weight is 355 g/mol. The molecule has 0 aliphatic rings. The van der Waals surface area contributed by atoms with Crippen LogP contribution < -0.4 is 10.7 Å². The summed E-state index contributed by atoms with van der Waals surface area (Å²) in [4.78, 5) is 9.46. The lowest BCUT2D eigenvalue weighted by Crippen LogP contribution is -2.04. The third-order valence-electron chi connectivity index (χ3n) is 3.15. The Kier molecular flexibility index (Phi) is 4.01. The summed E-state index contributed by atoms with van der Waals surface area (Å²) < 4.78 is 18.5. The lowest BCUT2D eigenvalue weighted by atomic mass is 10.3. The number of halogens is 1. The number of aromatic nitrogens is 4. The van der Waals surface area contributed by atoms with Crippen LogP contribution in [0.25, 0.3) is 11.3 Å². The zero-order valence-corrected chi connectivity index (χ0v) is 13.4. The van der Waals surface area contributed by atoms with Gasteiger partial charge in [-0.05, 0) is 33.9 Å². The van der Waals surface area contributed by atoms with Crippen LogP contribution in [-0.2, 0) is 0 Å². The minimum absolute atomic E-state index is 0.201. The first-order valence-electron chi connectivity index (χ1n) is 7.14. The number of benzene rings is 1. The molecule has 8 nitrogen and oxygen atoms in total. The molecule has 3 heterocycles. The maximum absolute atomic E-state index is 13.9. The number of nitrogens with one attached hydrogen (secondary N) is 2. The molecule has 4 aromatic rings. The van der Waals surface area contributed by atoms with Gasteiger partial charge in [0.2, 0.25) is 11.3 Å². The monoisotopic (exact) mass is 355 g/mol. The third kappa shape index (κ3) is 3.28. The highest BCUT2D eigenvalue weighted by molar-refractivity contribution is 7.11. The number of anilines is 3. The third-order valence-corrected chi connectivity index (χ3v) is 3.95. The van der Waals surface area contributed by atoms with Crippen LogP contribution in [-0.4, -0.2) is 26.5 Å². The number of hydrazone groups is 1. The van der Waals surface area contributed by atoms with Crippen LogP contribution in [0, 0.1) is 5.82 Å². The Balaban J connectivity index is 1.67. The first kappa shape index (κ1) is 15.1. The summed E-state index contributed by atoms with van der Waals surface area (Å²) in [6.45, 7) is 0. The summed E-state index contributed by atoms with van der Waals surface area (Å²) in [5, 5.41) is 16.2. The molecule has 3 aromatic heterocycles. The summed E-state index contributed by atoms with van der Waals surface area (Å²) >= 11 is 1.54. The molecular formula is C15H10FN7OS. The van der Waals surface area contributed by atoms with Crippen molar-refractivity contribution in [2.75, 3.05) is 10.7 Å². The van der Waals surface area contributed by atoms with Gasteiger partial charge >= 0.3 is 0 Å². The van der Waals surface area contributed by atoms with E-state index in [1.165, 1.54) is 6.07 Å². The van der Waals surface area contributed by atoms with Gasteiger partial charge in [0, 0.05) is 4.88 Å². The summed E-state index contributed by atoms with van der Waals surface area (Å²) in [5.74, 6) is 0.0894. The predicted octanol–water partition coefficient (Wildman–Crippen LogP) is 3.40. The van der Waals surface area contributed by atoms with Crippen LogP contribution in [0.2, 0.25) is 0 Å². The van der Waals surface area contributed by atoms with Crippen LogP contribution in [0.3, 0.4) is 0 Å². The molecule has 2 N–H and O–H groups in total. The van der Waals surface area contributed by atoms with Crippen molar-refractivity contribution in [1.29, 1.82) is 0 Å². The summed E-state index contributed by atoms with van der Waals surface area (Å²) in [6.07, 6.45) is 1.64. The predicted molar refractivity (Wildman–Crippen MR) is 92.6 cm³/mol. The van der Waals surface area contributed by atoms with Gasteiger partial charge in [0.05, 0.1) is 11.9 Å². The summed E-state index contributed by atoms with van der Waals surface area (Å²) in [7, 11) is 0. The molecule has 124 valence electrons. The van der Waals surface area contributed by atoms with Crippen molar-refractivity contribution < 1.29 is 9.02 Å². The highest BCUT2D eigenvalue weighted by Gasteiger charge is 2.14. The molecule has 0 aliphatic heterocycles. The van der Waals surface area contributed by atoms with Gasteiger partial charge in [0.1, 0.15) is 5.82 Å². The molecule has 0 amide bonds. The molecule has 0 unspecified atom stereocenters. The van der Waals surface area contributed by atoms with E-state index in [9.17, 15) is 4.39 Å². The molecule has 0 spiro atoms. The zero-order valence-electron chi connectivity index (χ0n) is 12.5. The van der Waals surface area contributed by atoms with Crippen molar-refractivity contribution in [3.63, 3.8) is 0 Å². The zero-order chi connectivity index (χ0) is 17.1. The van der Waals surface area contributed by atoms with Gasteiger partial charge in [-0.25, -0.2) is 14.0 Å². The largest absolute Gasteiger partial charge is 0.335 e. The van der Waals surface area contributed by atoms with Crippen LogP contribution in [0.4, 0.5) is 21.7 Å². The SMILES string of the molecule is Fc1ccccc1Nc1nc2nonc2nc1N/N=C\c1cccs1. The molecule has 25 heavy (non-hydrogen) atoms. The van der Waals surface area contributed by atoms with Crippen molar-refractivity contribution in [1.82, 2.24) is 20.3 Å². The fraction of sp³-hybridized carbons (Fsp3) is 0. The Bertz CT molecular complexity index is 1030. The molecule has 4 rings (SSSR count). The number of nitrogens with zero attached hydrogens (tertiary/aromatic N) is 5. The Labute approximate surface area is 144 Å². The normalized spacial score (nSPS) is 11.2. The van der Waals surface area contributed by atoms with Crippen molar-refractivity contribution in [2.24, 2.45) is 5.10 Å². The second kappa shape index (κ2) is 6.61. The maximum atomic E-state index is 13.9. The minimum Gasteiger partial charge on any atom is -0.335 e. The van der Waals surface area contributed by atoms with Crippen molar-refractivity contribution in [2.45, 2.75) is 0 Å². The number of thiophene rings is 1. The fourth-order valence-corrected chi connectivity index (χ4v) is 2.60. The molecule has 0 saturated carbocycles. The smallest absolute Gasteiger partial charge is 0.245 e. The molecule has 0 fully saturated rings. The van der Waals surface area contributed by atoms with Gasteiger partial charge in [0.15, 0.2) is 11.6 Å². The fourth-order valence-electron chi connectivity index (χ4n) is 2.01. The van der Waals surface area contributed by atoms with E-state index in [4.69, 9.17) is 0 Å². The first-order chi connectivity index (χ1) is 12.3. The van der Waals surface area contributed by atoms with E-state index in [-0.39, 0.29) is 28.6 Å². The van der Waals surface area contributed by atoms with Gasteiger partial charge < -0.3 is 5.32 Å². The number of fused-ring (bicyclic) bond motifs is 1. The average Bonchev–Trinajstić information content (AvgIpc) is 3.28. The van der Waals surface area contributed by atoms with Crippen molar-refractivity contribution in [3.8, 4) is 0 Å². The molecule has 0 saturated heterocycles. The Morgan fingerprint density at radius 3 is 2.60 bits per heavy atom. The van der Waals surface area contributed by atoms with E-state index >= 15 is 0 Å². The highest BCUT2D eigenvalue weighted by Crippen LogP contribution is 2.25. The van der Waals surface area contributed by atoms with Gasteiger partial charge in [-0.1, -0.05) is 18.2 Å². The van der Waals surface area contributed by atoms with Crippen molar-refractivity contribution in [3.05, 3.63) is 52.5 Å². The maximum Gasteiger partial charge on any atom is 0.245 e. The first-order valence-corrected chi connectivity index (χ1v) is 8.02. The Morgan fingerprint density at radius 2 is 1.84 bits per heavy atom. The second-order valence-corrected chi connectivity index (χ2v) is 5.80. The standard InChI is InChI=1S/C15H10FN7OS/c16-10-5-1-2-6-11(10)18-12-13(20-15-14(19-12)22-24-23-15)21-17-8-9-4-3-7-25-9/h1-8H,(H,18,19,22)(H,20,21,23)/b17-8-. The molecule has 10 heteroatoms. The topological polar surface area (TPSA) is 101 Å². The van der Waals surface area contributed by atoms with Gasteiger partial charge in [0.25, 0.3) is 0 Å². The van der Waals surface area contributed by atoms with Crippen LogP contribution in [0.1, 0.15) is 4.88 Å². The highest BCUT2D eigenvalue weighted by atomic mass is 32.1. The number of hydrogen-bond donors (Lipinski definition) is 2.